The summed E-state index contributed by atoms with van der Waals surface area (Å²) < 4.78 is 0. The highest BCUT2D eigenvalue weighted by molar-refractivity contribution is 6.30. The van der Waals surface area contributed by atoms with Crippen LogP contribution in [0.25, 0.3) is 0 Å². The van der Waals surface area contributed by atoms with Gasteiger partial charge >= 0.3 is 0 Å². The number of carbonyl (C=O) groups excluding carboxylic acids is 2. The van der Waals surface area contributed by atoms with Gasteiger partial charge in [-0.25, -0.2) is 0 Å². The highest BCUT2D eigenvalue weighted by Gasteiger charge is 2.18. The minimum Gasteiger partial charge on any atom is -0.356 e. The van der Waals surface area contributed by atoms with Gasteiger partial charge in [0.15, 0.2) is 0 Å². The van der Waals surface area contributed by atoms with Gasteiger partial charge in [0, 0.05) is 35.8 Å². The summed E-state index contributed by atoms with van der Waals surface area (Å²) in [6.07, 6.45) is 1.00. The van der Waals surface area contributed by atoms with Crippen molar-refractivity contribution in [1.82, 2.24) is 5.32 Å². The third-order valence-corrected chi connectivity index (χ3v) is 4.75. The number of nitrogens with one attached hydrogen (secondary N) is 1. The Morgan fingerprint density at radius 3 is 1.86 bits per heavy atom. The van der Waals surface area contributed by atoms with E-state index in [1.807, 2.05) is 84.9 Å². The fraction of sp³-hybridized carbons (Fsp3) is 0.167. The number of nitrogens with zero attached hydrogens (tertiary/aromatic N) is 1. The quantitative estimate of drug-likeness (QED) is 0.562. The zero-order valence-corrected chi connectivity index (χ0v) is 16.8. The molecular formula is C24H23ClN2O2. The molecule has 3 aromatic carbocycles. The van der Waals surface area contributed by atoms with Gasteiger partial charge in [-0.2, -0.15) is 0 Å². The maximum atomic E-state index is 12.9. The first kappa shape index (κ1) is 20.6. The Kier molecular flexibility index (Phi) is 7.42. The lowest BCUT2D eigenvalue weighted by Gasteiger charge is -2.23. The summed E-state index contributed by atoms with van der Waals surface area (Å²) in [4.78, 5) is 26.7. The molecule has 0 aliphatic rings. The molecule has 4 nitrogen and oxygen atoms in total. The molecule has 0 saturated carbocycles. The first-order valence-electron chi connectivity index (χ1n) is 9.57. The van der Waals surface area contributed by atoms with E-state index in [1.165, 1.54) is 0 Å². The van der Waals surface area contributed by atoms with E-state index in [2.05, 4.69) is 5.32 Å². The summed E-state index contributed by atoms with van der Waals surface area (Å²) in [6.45, 7) is 0.524. The molecule has 0 aliphatic carbocycles. The molecule has 0 aliphatic heterocycles. The van der Waals surface area contributed by atoms with Crippen molar-refractivity contribution in [2.45, 2.75) is 19.3 Å². The summed E-state index contributed by atoms with van der Waals surface area (Å²) in [5, 5.41) is 3.57. The van der Waals surface area contributed by atoms with E-state index in [4.69, 9.17) is 11.6 Å². The SMILES string of the molecule is O=C(CCC(=O)N(c1ccccc1)c1ccccc1)NCCc1ccc(Cl)cc1. The highest BCUT2D eigenvalue weighted by Crippen LogP contribution is 2.26. The molecule has 0 bridgehead atoms. The van der Waals surface area contributed by atoms with Crippen LogP contribution in [0.5, 0.6) is 0 Å². The van der Waals surface area contributed by atoms with Crippen LogP contribution in [0.1, 0.15) is 18.4 Å². The van der Waals surface area contributed by atoms with Crippen molar-refractivity contribution in [2.75, 3.05) is 11.4 Å². The molecule has 29 heavy (non-hydrogen) atoms. The largest absolute Gasteiger partial charge is 0.356 e. The molecular weight excluding hydrogens is 384 g/mol. The summed E-state index contributed by atoms with van der Waals surface area (Å²) in [7, 11) is 0. The van der Waals surface area contributed by atoms with Crippen molar-refractivity contribution < 1.29 is 9.59 Å². The summed E-state index contributed by atoms with van der Waals surface area (Å²) >= 11 is 5.88. The van der Waals surface area contributed by atoms with Crippen LogP contribution in [-0.4, -0.2) is 18.4 Å². The monoisotopic (exact) mass is 406 g/mol. The van der Waals surface area contributed by atoms with E-state index >= 15 is 0 Å². The van der Waals surface area contributed by atoms with Crippen molar-refractivity contribution in [3.63, 3.8) is 0 Å². The Hall–Kier alpha value is -3.11. The van der Waals surface area contributed by atoms with Crippen LogP contribution in [0.4, 0.5) is 11.4 Å². The zero-order chi connectivity index (χ0) is 20.5. The smallest absolute Gasteiger partial charge is 0.232 e. The lowest BCUT2D eigenvalue weighted by molar-refractivity contribution is -0.124. The average molecular weight is 407 g/mol. The van der Waals surface area contributed by atoms with Crippen molar-refractivity contribution in [2.24, 2.45) is 0 Å². The van der Waals surface area contributed by atoms with Gasteiger partial charge in [-0.1, -0.05) is 60.1 Å². The number of hydrogen-bond acceptors (Lipinski definition) is 2. The van der Waals surface area contributed by atoms with E-state index in [1.54, 1.807) is 4.90 Å². The van der Waals surface area contributed by atoms with Gasteiger partial charge in [0.2, 0.25) is 11.8 Å². The van der Waals surface area contributed by atoms with Crippen LogP contribution < -0.4 is 10.2 Å². The summed E-state index contributed by atoms with van der Waals surface area (Å²) in [5.74, 6) is -0.247. The Bertz CT molecular complexity index is 889. The van der Waals surface area contributed by atoms with Crippen molar-refractivity contribution in [3.8, 4) is 0 Å². The van der Waals surface area contributed by atoms with Crippen LogP contribution in [0, 0.1) is 0 Å². The second kappa shape index (κ2) is 10.4. The predicted molar refractivity (Wildman–Crippen MR) is 117 cm³/mol. The Morgan fingerprint density at radius 2 is 1.31 bits per heavy atom. The molecule has 148 valence electrons. The van der Waals surface area contributed by atoms with Crippen molar-refractivity contribution in [3.05, 3.63) is 95.5 Å². The predicted octanol–water partition coefficient (Wildman–Crippen LogP) is 5.14. The molecule has 1 N–H and O–H groups in total. The number of benzene rings is 3. The fourth-order valence-electron chi connectivity index (χ4n) is 3.01. The molecule has 0 radical (unpaired) electrons. The fourth-order valence-corrected chi connectivity index (χ4v) is 3.14. The van der Waals surface area contributed by atoms with E-state index in [9.17, 15) is 9.59 Å². The molecule has 3 rings (SSSR count). The van der Waals surface area contributed by atoms with E-state index < -0.39 is 0 Å². The first-order chi connectivity index (χ1) is 14.1. The van der Waals surface area contributed by atoms with Crippen LogP contribution in [0.3, 0.4) is 0 Å². The third kappa shape index (κ3) is 6.19. The second-order valence-corrected chi connectivity index (χ2v) is 7.06. The number of amides is 2. The number of hydrogen-bond donors (Lipinski definition) is 1. The molecule has 0 aromatic heterocycles. The molecule has 0 saturated heterocycles. The zero-order valence-electron chi connectivity index (χ0n) is 16.1. The number of carbonyl (C=O) groups is 2. The Balaban J connectivity index is 1.54. The molecule has 0 heterocycles. The van der Waals surface area contributed by atoms with Crippen LogP contribution in [-0.2, 0) is 16.0 Å². The lowest BCUT2D eigenvalue weighted by atomic mass is 10.1. The molecule has 0 atom stereocenters. The van der Waals surface area contributed by atoms with Gasteiger partial charge in [-0.3, -0.25) is 14.5 Å². The number of para-hydroxylation sites is 2. The third-order valence-electron chi connectivity index (χ3n) is 4.49. The minimum atomic E-state index is -0.131. The minimum absolute atomic E-state index is 0.116. The molecule has 3 aromatic rings. The molecule has 0 unspecified atom stereocenters. The van der Waals surface area contributed by atoms with Crippen molar-refractivity contribution >= 4 is 34.8 Å². The number of anilines is 2. The average Bonchev–Trinajstić information content (AvgIpc) is 2.75. The van der Waals surface area contributed by atoms with Gasteiger partial charge in [-0.05, 0) is 48.4 Å². The number of halogens is 1. The molecule has 2 amide bonds. The van der Waals surface area contributed by atoms with E-state index in [0.29, 0.717) is 11.6 Å². The first-order valence-corrected chi connectivity index (χ1v) is 9.95. The molecule has 5 heteroatoms. The normalized spacial score (nSPS) is 10.4. The van der Waals surface area contributed by atoms with E-state index in [-0.39, 0.29) is 24.7 Å². The Morgan fingerprint density at radius 1 is 0.759 bits per heavy atom. The topological polar surface area (TPSA) is 49.4 Å². The van der Waals surface area contributed by atoms with Gasteiger partial charge in [0.25, 0.3) is 0 Å². The lowest BCUT2D eigenvalue weighted by Crippen LogP contribution is -2.30. The number of rotatable bonds is 8. The van der Waals surface area contributed by atoms with Crippen LogP contribution >= 0.6 is 11.6 Å². The maximum Gasteiger partial charge on any atom is 0.232 e. The summed E-state index contributed by atoms with van der Waals surface area (Å²) in [6, 6.07) is 26.5. The van der Waals surface area contributed by atoms with Crippen LogP contribution in [0.15, 0.2) is 84.9 Å². The molecule has 0 spiro atoms. The van der Waals surface area contributed by atoms with Gasteiger partial charge in [0.05, 0.1) is 0 Å². The second-order valence-electron chi connectivity index (χ2n) is 6.63. The molecule has 0 fully saturated rings. The van der Waals surface area contributed by atoms with Gasteiger partial charge in [0.1, 0.15) is 0 Å². The summed E-state index contributed by atoms with van der Waals surface area (Å²) in [5.41, 5.74) is 2.67. The highest BCUT2D eigenvalue weighted by atomic mass is 35.5. The van der Waals surface area contributed by atoms with Gasteiger partial charge in [-0.15, -0.1) is 0 Å². The van der Waals surface area contributed by atoms with Gasteiger partial charge < -0.3 is 5.32 Å². The standard InChI is InChI=1S/C24H23ClN2O2/c25-20-13-11-19(12-14-20)17-18-26-23(28)15-16-24(29)27(21-7-3-1-4-8-21)22-9-5-2-6-10-22/h1-14H,15-18H2,(H,26,28). The Labute approximate surface area is 176 Å². The van der Waals surface area contributed by atoms with Crippen molar-refractivity contribution in [1.29, 1.82) is 0 Å². The van der Waals surface area contributed by atoms with Crippen LogP contribution in [0.2, 0.25) is 5.02 Å². The maximum absolute atomic E-state index is 12.9. The van der Waals surface area contributed by atoms with E-state index in [0.717, 1.165) is 23.4 Å².